The Bertz CT molecular complexity index is 545. The van der Waals surface area contributed by atoms with E-state index in [1.165, 1.54) is 11.3 Å². The van der Waals surface area contributed by atoms with Gasteiger partial charge in [0.2, 0.25) is 5.89 Å². The summed E-state index contributed by atoms with van der Waals surface area (Å²) in [6, 6.07) is 0. The van der Waals surface area contributed by atoms with Crippen molar-refractivity contribution < 1.29 is 9.26 Å². The normalized spacial score (nSPS) is 11.2. The Morgan fingerprint density at radius 1 is 1.21 bits per heavy atom. The molecule has 0 atom stereocenters. The number of hydrogen-bond donors (Lipinski definition) is 0. The van der Waals surface area contributed by atoms with Crippen molar-refractivity contribution in [3.05, 3.63) is 28.7 Å². The summed E-state index contributed by atoms with van der Waals surface area (Å²) in [5.74, 6) is 1.38. The highest BCUT2D eigenvalue weighted by molar-refractivity contribution is 5.24. The van der Waals surface area contributed by atoms with Crippen molar-refractivity contribution in [2.24, 2.45) is 7.05 Å². The Hall–Kier alpha value is -1.69. The molecule has 0 saturated carbocycles. The lowest BCUT2D eigenvalue weighted by Gasteiger charge is -1.99. The number of methoxy groups -OCH3 is 1. The second kappa shape index (κ2) is 5.97. The van der Waals surface area contributed by atoms with Gasteiger partial charge in [-0.15, -0.1) is 0 Å². The highest BCUT2D eigenvalue weighted by Crippen LogP contribution is 2.14. The molecule has 0 aliphatic rings. The van der Waals surface area contributed by atoms with E-state index >= 15 is 0 Å². The number of aromatic nitrogens is 4. The summed E-state index contributed by atoms with van der Waals surface area (Å²) in [4.78, 5) is 4.34. The van der Waals surface area contributed by atoms with Gasteiger partial charge in [0, 0.05) is 32.7 Å². The van der Waals surface area contributed by atoms with Crippen molar-refractivity contribution in [2.45, 2.75) is 33.1 Å². The summed E-state index contributed by atoms with van der Waals surface area (Å²) in [5.41, 5.74) is 3.52. The number of rotatable bonds is 6. The van der Waals surface area contributed by atoms with Gasteiger partial charge < -0.3 is 9.26 Å². The van der Waals surface area contributed by atoms with Gasteiger partial charge in [-0.25, -0.2) is 0 Å². The monoisotopic (exact) mass is 264 g/mol. The lowest BCUT2D eigenvalue weighted by atomic mass is 10.1. The lowest BCUT2D eigenvalue weighted by Crippen LogP contribution is -1.98. The van der Waals surface area contributed by atoms with E-state index in [0.29, 0.717) is 24.7 Å². The van der Waals surface area contributed by atoms with Crippen LogP contribution in [-0.4, -0.2) is 33.6 Å². The third-order valence-corrected chi connectivity index (χ3v) is 3.29. The van der Waals surface area contributed by atoms with Crippen LogP contribution in [0.4, 0.5) is 0 Å². The summed E-state index contributed by atoms with van der Waals surface area (Å²) in [5, 5.41) is 8.33. The van der Waals surface area contributed by atoms with Gasteiger partial charge in [0.05, 0.1) is 12.3 Å². The number of aryl methyl sites for hydroxylation is 3. The minimum atomic E-state index is 0.611. The zero-order chi connectivity index (χ0) is 13.8. The molecule has 2 aromatic heterocycles. The van der Waals surface area contributed by atoms with Gasteiger partial charge in [-0.2, -0.15) is 10.1 Å². The molecule has 6 nitrogen and oxygen atoms in total. The Morgan fingerprint density at radius 3 is 2.63 bits per heavy atom. The minimum Gasteiger partial charge on any atom is -0.384 e. The van der Waals surface area contributed by atoms with Crippen LogP contribution in [0, 0.1) is 13.8 Å². The van der Waals surface area contributed by atoms with Gasteiger partial charge in [-0.1, -0.05) is 5.16 Å². The molecule has 6 heteroatoms. The first-order valence-electron chi connectivity index (χ1n) is 6.41. The Kier molecular flexibility index (Phi) is 4.31. The molecule has 0 fully saturated rings. The zero-order valence-electron chi connectivity index (χ0n) is 11.9. The molecule has 0 spiro atoms. The maximum atomic E-state index is 5.23. The first-order chi connectivity index (χ1) is 9.11. The molecule has 0 aliphatic heterocycles. The number of ether oxygens (including phenoxy) is 1. The number of nitrogens with zero attached hydrogens (tertiary/aromatic N) is 4. The van der Waals surface area contributed by atoms with E-state index < -0.39 is 0 Å². The molecular weight excluding hydrogens is 244 g/mol. The third-order valence-electron chi connectivity index (χ3n) is 3.29. The van der Waals surface area contributed by atoms with Crippen molar-refractivity contribution in [3.63, 3.8) is 0 Å². The molecular formula is C13H20N4O2. The van der Waals surface area contributed by atoms with E-state index in [1.807, 2.05) is 18.7 Å². The lowest BCUT2D eigenvalue weighted by molar-refractivity contribution is 0.199. The first kappa shape index (κ1) is 13.7. The average Bonchev–Trinajstić information content (AvgIpc) is 2.92. The molecule has 2 heterocycles. The third kappa shape index (κ3) is 3.20. The molecule has 0 unspecified atom stereocenters. The van der Waals surface area contributed by atoms with Gasteiger partial charge in [0.1, 0.15) is 0 Å². The molecule has 0 aromatic carbocycles. The Morgan fingerprint density at radius 2 is 2.00 bits per heavy atom. The molecule has 0 radical (unpaired) electrons. The van der Waals surface area contributed by atoms with E-state index in [1.54, 1.807) is 7.11 Å². The molecule has 0 amide bonds. The summed E-state index contributed by atoms with van der Waals surface area (Å²) >= 11 is 0. The topological polar surface area (TPSA) is 66.0 Å². The van der Waals surface area contributed by atoms with Crippen molar-refractivity contribution in [3.8, 4) is 0 Å². The van der Waals surface area contributed by atoms with E-state index in [9.17, 15) is 0 Å². The highest BCUT2D eigenvalue weighted by Gasteiger charge is 2.12. The summed E-state index contributed by atoms with van der Waals surface area (Å²) < 4.78 is 12.1. The molecule has 2 aromatic rings. The van der Waals surface area contributed by atoms with Gasteiger partial charge >= 0.3 is 0 Å². The van der Waals surface area contributed by atoms with Crippen LogP contribution in [0.2, 0.25) is 0 Å². The fourth-order valence-electron chi connectivity index (χ4n) is 2.10. The van der Waals surface area contributed by atoms with Crippen LogP contribution in [0.5, 0.6) is 0 Å². The van der Waals surface area contributed by atoms with Crippen LogP contribution >= 0.6 is 0 Å². The molecule has 0 bridgehead atoms. The quantitative estimate of drug-likeness (QED) is 0.789. The summed E-state index contributed by atoms with van der Waals surface area (Å²) in [7, 11) is 3.62. The predicted molar refractivity (Wildman–Crippen MR) is 70.0 cm³/mol. The van der Waals surface area contributed by atoms with Crippen LogP contribution in [-0.2, 0) is 31.0 Å². The second-order valence-corrected chi connectivity index (χ2v) is 4.62. The van der Waals surface area contributed by atoms with Crippen molar-refractivity contribution >= 4 is 0 Å². The fraction of sp³-hybridized carbons (Fsp3) is 0.615. The van der Waals surface area contributed by atoms with Gasteiger partial charge in [0.15, 0.2) is 5.82 Å². The molecule has 0 aliphatic carbocycles. The first-order valence-corrected chi connectivity index (χ1v) is 6.41. The van der Waals surface area contributed by atoms with Crippen LogP contribution in [0.25, 0.3) is 0 Å². The van der Waals surface area contributed by atoms with Crippen molar-refractivity contribution in [2.75, 3.05) is 13.7 Å². The SMILES string of the molecule is COCCc1noc(CCc2c(C)nn(C)c2C)n1. The summed E-state index contributed by atoms with van der Waals surface area (Å²) in [6.07, 6.45) is 2.30. The van der Waals surface area contributed by atoms with Crippen molar-refractivity contribution in [1.29, 1.82) is 0 Å². The molecule has 0 saturated heterocycles. The Balaban J connectivity index is 1.96. The molecule has 19 heavy (non-hydrogen) atoms. The van der Waals surface area contributed by atoms with Crippen molar-refractivity contribution in [1.82, 2.24) is 19.9 Å². The molecule has 2 rings (SSSR count). The fourth-order valence-corrected chi connectivity index (χ4v) is 2.10. The van der Waals surface area contributed by atoms with Gasteiger partial charge in [0.25, 0.3) is 0 Å². The maximum absolute atomic E-state index is 5.23. The average molecular weight is 264 g/mol. The molecule has 104 valence electrons. The number of hydrogen-bond acceptors (Lipinski definition) is 5. The highest BCUT2D eigenvalue weighted by atomic mass is 16.5. The van der Waals surface area contributed by atoms with Crippen LogP contribution in [0.1, 0.15) is 28.7 Å². The predicted octanol–water partition coefficient (Wildman–Crippen LogP) is 1.39. The van der Waals surface area contributed by atoms with Crippen LogP contribution in [0.15, 0.2) is 4.52 Å². The largest absolute Gasteiger partial charge is 0.384 e. The Labute approximate surface area is 112 Å². The van der Waals surface area contributed by atoms with E-state index in [0.717, 1.165) is 18.5 Å². The summed E-state index contributed by atoms with van der Waals surface area (Å²) in [6.45, 7) is 4.72. The van der Waals surface area contributed by atoms with Crippen LogP contribution in [0.3, 0.4) is 0 Å². The standard InChI is InChI=1S/C13H20N4O2/c1-9-11(10(2)17(3)15-9)5-6-13-14-12(16-19-13)7-8-18-4/h5-8H2,1-4H3. The van der Waals surface area contributed by atoms with Gasteiger partial charge in [-0.05, 0) is 25.8 Å². The minimum absolute atomic E-state index is 0.611. The molecule has 0 N–H and O–H groups in total. The van der Waals surface area contributed by atoms with Crippen LogP contribution < -0.4 is 0 Å². The smallest absolute Gasteiger partial charge is 0.226 e. The van der Waals surface area contributed by atoms with Gasteiger partial charge in [-0.3, -0.25) is 4.68 Å². The maximum Gasteiger partial charge on any atom is 0.226 e. The second-order valence-electron chi connectivity index (χ2n) is 4.62. The zero-order valence-corrected chi connectivity index (χ0v) is 11.9. The van der Waals surface area contributed by atoms with E-state index in [2.05, 4.69) is 22.2 Å². The van der Waals surface area contributed by atoms with E-state index in [-0.39, 0.29) is 0 Å². The van der Waals surface area contributed by atoms with E-state index in [4.69, 9.17) is 9.26 Å².